The monoisotopic (exact) mass is 322 g/mol. The van der Waals surface area contributed by atoms with Crippen molar-refractivity contribution in [3.63, 3.8) is 0 Å². The molecule has 0 aliphatic carbocycles. The Morgan fingerprint density at radius 3 is 2.63 bits per heavy atom. The molecule has 102 valence electrons. The number of hydrogen-bond acceptors (Lipinski definition) is 3. The van der Waals surface area contributed by atoms with Crippen molar-refractivity contribution in [3.05, 3.63) is 45.4 Å². The lowest BCUT2D eigenvalue weighted by Crippen LogP contribution is -2.12. The molecule has 19 heavy (non-hydrogen) atoms. The van der Waals surface area contributed by atoms with Crippen LogP contribution in [0.25, 0.3) is 0 Å². The van der Waals surface area contributed by atoms with E-state index in [1.165, 1.54) is 5.56 Å². The minimum atomic E-state index is 0.708. The molecule has 2 aromatic rings. The first-order chi connectivity index (χ1) is 9.11. The Hall–Kier alpha value is -1.20. The second-order valence-corrected chi connectivity index (χ2v) is 5.37. The quantitative estimate of drug-likeness (QED) is 0.920. The summed E-state index contributed by atoms with van der Waals surface area (Å²) in [5.41, 5.74) is 4.38. The van der Waals surface area contributed by atoms with Crippen molar-refractivity contribution in [1.82, 2.24) is 20.1 Å². The van der Waals surface area contributed by atoms with Crippen LogP contribution in [0.4, 0.5) is 0 Å². The van der Waals surface area contributed by atoms with Gasteiger partial charge < -0.3 is 5.32 Å². The van der Waals surface area contributed by atoms with Gasteiger partial charge in [-0.15, -0.1) is 0 Å². The highest BCUT2D eigenvalue weighted by Gasteiger charge is 2.09. The zero-order valence-corrected chi connectivity index (χ0v) is 13.2. The fourth-order valence-electron chi connectivity index (χ4n) is 1.91. The fourth-order valence-corrected chi connectivity index (χ4v) is 2.19. The second-order valence-electron chi connectivity index (χ2n) is 4.58. The molecule has 0 aromatic carbocycles. The van der Waals surface area contributed by atoms with E-state index < -0.39 is 0 Å². The first-order valence-corrected chi connectivity index (χ1v) is 7.25. The molecule has 0 fully saturated rings. The summed E-state index contributed by atoms with van der Waals surface area (Å²) in [4.78, 5) is 4.49. The molecule has 2 rings (SSSR count). The summed E-state index contributed by atoms with van der Waals surface area (Å²) in [6.07, 6.45) is 1.93. The lowest BCUT2D eigenvalue weighted by Gasteiger charge is -2.06. The van der Waals surface area contributed by atoms with E-state index in [1.54, 1.807) is 0 Å². The second kappa shape index (κ2) is 6.30. The molecule has 0 aliphatic heterocycles. The predicted molar refractivity (Wildman–Crippen MR) is 80.1 cm³/mol. The topological polar surface area (TPSA) is 42.7 Å². The van der Waals surface area contributed by atoms with Crippen LogP contribution in [0.15, 0.2) is 22.8 Å². The van der Waals surface area contributed by atoms with E-state index in [-0.39, 0.29) is 0 Å². The van der Waals surface area contributed by atoms with Gasteiger partial charge in [0.15, 0.2) is 0 Å². The van der Waals surface area contributed by atoms with Gasteiger partial charge in [0.05, 0.1) is 28.1 Å². The molecule has 2 aromatic heterocycles. The first-order valence-electron chi connectivity index (χ1n) is 6.45. The van der Waals surface area contributed by atoms with E-state index in [9.17, 15) is 0 Å². The van der Waals surface area contributed by atoms with Crippen LogP contribution in [0.2, 0.25) is 0 Å². The minimum Gasteiger partial charge on any atom is -0.313 e. The number of halogens is 1. The molecule has 0 saturated heterocycles. The maximum Gasteiger partial charge on any atom is 0.0834 e. The van der Waals surface area contributed by atoms with Crippen LogP contribution in [0.5, 0.6) is 0 Å². The van der Waals surface area contributed by atoms with Gasteiger partial charge >= 0.3 is 0 Å². The summed E-state index contributed by atoms with van der Waals surface area (Å²) in [7, 11) is 0. The summed E-state index contributed by atoms with van der Waals surface area (Å²) in [6, 6.07) is 4.18. The number of pyridine rings is 1. The largest absolute Gasteiger partial charge is 0.313 e. The highest BCUT2D eigenvalue weighted by atomic mass is 79.9. The normalized spacial score (nSPS) is 10.9. The Morgan fingerprint density at radius 1 is 1.32 bits per heavy atom. The van der Waals surface area contributed by atoms with Crippen LogP contribution in [-0.2, 0) is 13.1 Å². The molecule has 0 radical (unpaired) electrons. The molecular weight excluding hydrogens is 304 g/mol. The van der Waals surface area contributed by atoms with Crippen molar-refractivity contribution in [2.45, 2.75) is 33.9 Å². The standard InChI is InChI=1S/C14H19BrN4/c1-4-16-7-12-5-6-13(17-8-12)9-19-11(3)14(15)10(2)18-19/h5-6,8,16H,4,7,9H2,1-3H3. The van der Waals surface area contributed by atoms with Gasteiger partial charge in [-0.25, -0.2) is 0 Å². The molecule has 5 heteroatoms. The highest BCUT2D eigenvalue weighted by Crippen LogP contribution is 2.20. The fraction of sp³-hybridized carbons (Fsp3) is 0.429. The number of aryl methyl sites for hydroxylation is 1. The summed E-state index contributed by atoms with van der Waals surface area (Å²) < 4.78 is 3.06. The lowest BCUT2D eigenvalue weighted by molar-refractivity contribution is 0.645. The molecule has 0 saturated carbocycles. The highest BCUT2D eigenvalue weighted by molar-refractivity contribution is 9.10. The Balaban J connectivity index is 2.08. The van der Waals surface area contributed by atoms with Gasteiger partial charge in [-0.3, -0.25) is 9.67 Å². The summed E-state index contributed by atoms with van der Waals surface area (Å²) in [6.45, 7) is 8.71. The summed E-state index contributed by atoms with van der Waals surface area (Å²) >= 11 is 3.54. The van der Waals surface area contributed by atoms with Gasteiger partial charge in [0.25, 0.3) is 0 Å². The van der Waals surface area contributed by atoms with E-state index in [1.807, 2.05) is 17.8 Å². The number of nitrogens with one attached hydrogen (secondary N) is 1. The predicted octanol–water partition coefficient (Wildman–Crippen LogP) is 2.82. The Morgan fingerprint density at radius 2 is 2.11 bits per heavy atom. The molecule has 0 aliphatic rings. The lowest BCUT2D eigenvalue weighted by atomic mass is 10.2. The van der Waals surface area contributed by atoms with Crippen molar-refractivity contribution in [2.24, 2.45) is 0 Å². The van der Waals surface area contributed by atoms with Crippen LogP contribution in [0.3, 0.4) is 0 Å². The van der Waals surface area contributed by atoms with Crippen molar-refractivity contribution in [3.8, 4) is 0 Å². The Labute approximate surface area is 122 Å². The molecule has 0 bridgehead atoms. The average Bonchev–Trinajstić information content (AvgIpc) is 2.66. The van der Waals surface area contributed by atoms with Crippen molar-refractivity contribution in [1.29, 1.82) is 0 Å². The van der Waals surface area contributed by atoms with E-state index in [4.69, 9.17) is 0 Å². The third-order valence-corrected chi connectivity index (χ3v) is 4.22. The van der Waals surface area contributed by atoms with Gasteiger partial charge in [0.1, 0.15) is 0 Å². The van der Waals surface area contributed by atoms with Gasteiger partial charge in [-0.2, -0.15) is 5.10 Å². The van der Waals surface area contributed by atoms with Gasteiger partial charge in [-0.05, 0) is 48.0 Å². The molecule has 4 nitrogen and oxygen atoms in total. The number of rotatable bonds is 5. The molecule has 0 amide bonds. The molecule has 2 heterocycles. The zero-order valence-electron chi connectivity index (χ0n) is 11.6. The van der Waals surface area contributed by atoms with Crippen molar-refractivity contribution < 1.29 is 0 Å². The first kappa shape index (κ1) is 14.2. The summed E-state index contributed by atoms with van der Waals surface area (Å²) in [5.74, 6) is 0. The zero-order chi connectivity index (χ0) is 13.8. The SMILES string of the molecule is CCNCc1ccc(Cn2nc(C)c(Br)c2C)nc1. The van der Waals surface area contributed by atoms with Gasteiger partial charge in [-0.1, -0.05) is 13.0 Å². The maximum absolute atomic E-state index is 4.49. The number of hydrogen-bond donors (Lipinski definition) is 1. The Kier molecular flexibility index (Phi) is 4.71. The van der Waals surface area contributed by atoms with Gasteiger partial charge in [0, 0.05) is 12.7 Å². The number of aromatic nitrogens is 3. The average molecular weight is 323 g/mol. The van der Waals surface area contributed by atoms with Crippen LogP contribution >= 0.6 is 15.9 Å². The molecular formula is C14H19BrN4. The van der Waals surface area contributed by atoms with E-state index in [0.717, 1.165) is 34.6 Å². The molecule has 0 spiro atoms. The van der Waals surface area contributed by atoms with E-state index in [2.05, 4.69) is 57.3 Å². The third kappa shape index (κ3) is 3.42. The molecule has 0 atom stereocenters. The Bertz CT molecular complexity index is 545. The third-order valence-electron chi connectivity index (χ3n) is 3.07. The van der Waals surface area contributed by atoms with Crippen molar-refractivity contribution in [2.75, 3.05) is 6.54 Å². The van der Waals surface area contributed by atoms with E-state index in [0.29, 0.717) is 6.54 Å². The van der Waals surface area contributed by atoms with Crippen LogP contribution in [0.1, 0.15) is 29.6 Å². The minimum absolute atomic E-state index is 0.708. The molecule has 0 unspecified atom stereocenters. The van der Waals surface area contributed by atoms with Crippen molar-refractivity contribution >= 4 is 15.9 Å². The maximum atomic E-state index is 4.49. The number of nitrogens with zero attached hydrogens (tertiary/aromatic N) is 3. The van der Waals surface area contributed by atoms with Gasteiger partial charge in [0.2, 0.25) is 0 Å². The van der Waals surface area contributed by atoms with E-state index >= 15 is 0 Å². The van der Waals surface area contributed by atoms with Crippen LogP contribution < -0.4 is 5.32 Å². The van der Waals surface area contributed by atoms with Crippen LogP contribution in [-0.4, -0.2) is 21.3 Å². The smallest absolute Gasteiger partial charge is 0.0834 e. The summed E-state index contributed by atoms with van der Waals surface area (Å²) in [5, 5.41) is 7.78. The molecule has 1 N–H and O–H groups in total. The van der Waals surface area contributed by atoms with Crippen LogP contribution in [0, 0.1) is 13.8 Å².